The maximum Gasteiger partial charge on any atom is 0.0254 e. The van der Waals surface area contributed by atoms with E-state index in [1.807, 2.05) is 0 Å². The minimum atomic E-state index is 0.393. The van der Waals surface area contributed by atoms with Gasteiger partial charge in [-0.15, -0.1) is 0 Å². The Morgan fingerprint density at radius 2 is 1.77 bits per heavy atom. The Hall–Kier alpha value is -1.34. The summed E-state index contributed by atoms with van der Waals surface area (Å²) in [5, 5.41) is 3.80. The molecule has 1 fully saturated rings. The Morgan fingerprint density at radius 3 is 2.46 bits per heavy atom. The van der Waals surface area contributed by atoms with Gasteiger partial charge >= 0.3 is 0 Å². The van der Waals surface area contributed by atoms with Crippen LogP contribution in [0.5, 0.6) is 0 Å². The summed E-state index contributed by atoms with van der Waals surface area (Å²) in [5.41, 5.74) is 5.92. The summed E-state index contributed by atoms with van der Waals surface area (Å²) in [5.74, 6) is 2.49. The molecule has 0 radical (unpaired) electrons. The van der Waals surface area contributed by atoms with Gasteiger partial charge in [0.2, 0.25) is 0 Å². The summed E-state index contributed by atoms with van der Waals surface area (Å²) < 4.78 is 0. The van der Waals surface area contributed by atoms with E-state index >= 15 is 0 Å². The van der Waals surface area contributed by atoms with Gasteiger partial charge in [-0.1, -0.05) is 139 Å². The highest BCUT2D eigenvalue weighted by atomic mass is 14.9. The van der Waals surface area contributed by atoms with Gasteiger partial charge in [-0.05, 0) is 88.5 Å². The highest BCUT2D eigenvalue weighted by Gasteiger charge is 2.18. The maximum absolute atomic E-state index is 4.41. The molecular weight excluding hydrogens is 470 g/mol. The van der Waals surface area contributed by atoms with E-state index in [1.165, 1.54) is 126 Å². The van der Waals surface area contributed by atoms with Crippen molar-refractivity contribution in [1.82, 2.24) is 5.32 Å². The first-order chi connectivity index (χ1) is 18.8. The average molecular weight is 536 g/mol. The second kappa shape index (κ2) is 19.7. The van der Waals surface area contributed by atoms with Crippen LogP contribution < -0.4 is 5.32 Å². The second-order valence-corrected chi connectivity index (χ2v) is 13.3. The fourth-order valence-corrected chi connectivity index (χ4v) is 6.81. The standard InChI is InChI=1S/C38H65N/c1-8-10-21-36(22-12-11-13-26-38-31(4)19-17-20-32(38)5)28-27-30(3)18-16-23-35(9-2)29-33(6)34(7)39-37-24-14-15-25-37/h9,17,19,23,30,32,34,36-37,39H,2,6,8,10-16,18,20-22,24-29H2,1,3-5,7H3. The molecule has 2 aliphatic carbocycles. The molecule has 0 spiro atoms. The Kier molecular flexibility index (Phi) is 17.1. The smallest absolute Gasteiger partial charge is 0.0254 e. The maximum atomic E-state index is 4.41. The van der Waals surface area contributed by atoms with Gasteiger partial charge in [0, 0.05) is 12.1 Å². The quantitative estimate of drug-likeness (QED) is 0.0875. The van der Waals surface area contributed by atoms with Crippen molar-refractivity contribution in [3.63, 3.8) is 0 Å². The molecule has 0 aromatic heterocycles. The van der Waals surface area contributed by atoms with Gasteiger partial charge in [0.25, 0.3) is 0 Å². The van der Waals surface area contributed by atoms with Crippen molar-refractivity contribution in [3.8, 4) is 0 Å². The monoisotopic (exact) mass is 536 g/mol. The van der Waals surface area contributed by atoms with E-state index in [4.69, 9.17) is 0 Å². The largest absolute Gasteiger partial charge is 0.308 e. The van der Waals surface area contributed by atoms with Gasteiger partial charge in [0.05, 0.1) is 0 Å². The molecule has 1 saturated carbocycles. The Bertz CT molecular complexity index is 790. The third kappa shape index (κ3) is 13.7. The summed E-state index contributed by atoms with van der Waals surface area (Å²) in [6.45, 7) is 20.3. The van der Waals surface area contributed by atoms with Crippen molar-refractivity contribution in [2.45, 2.75) is 162 Å². The van der Waals surface area contributed by atoms with Crippen LogP contribution >= 0.6 is 0 Å². The summed E-state index contributed by atoms with van der Waals surface area (Å²) in [6.07, 6.45) is 33.2. The number of unbranched alkanes of at least 4 members (excludes halogenated alkanes) is 3. The van der Waals surface area contributed by atoms with E-state index in [9.17, 15) is 0 Å². The molecule has 39 heavy (non-hydrogen) atoms. The number of allylic oxidation sites excluding steroid dienone is 7. The second-order valence-electron chi connectivity index (χ2n) is 13.3. The summed E-state index contributed by atoms with van der Waals surface area (Å²) in [7, 11) is 0. The number of hydrogen-bond donors (Lipinski definition) is 1. The molecule has 4 unspecified atom stereocenters. The first-order valence-corrected chi connectivity index (χ1v) is 16.9. The fraction of sp³-hybridized carbons (Fsp3) is 0.737. The topological polar surface area (TPSA) is 12.0 Å². The predicted molar refractivity (Wildman–Crippen MR) is 176 cm³/mol. The number of nitrogens with one attached hydrogen (secondary N) is 1. The third-order valence-corrected chi connectivity index (χ3v) is 9.76. The molecule has 0 aliphatic heterocycles. The van der Waals surface area contributed by atoms with Gasteiger partial charge in [0.15, 0.2) is 0 Å². The molecular formula is C38H65N. The molecule has 2 aliphatic rings. The van der Waals surface area contributed by atoms with Crippen molar-refractivity contribution in [2.24, 2.45) is 17.8 Å². The molecule has 4 atom stereocenters. The summed E-state index contributed by atoms with van der Waals surface area (Å²) in [4.78, 5) is 0. The van der Waals surface area contributed by atoms with E-state index in [-0.39, 0.29) is 0 Å². The minimum Gasteiger partial charge on any atom is -0.308 e. The van der Waals surface area contributed by atoms with E-state index < -0.39 is 0 Å². The van der Waals surface area contributed by atoms with Gasteiger partial charge in [-0.2, -0.15) is 0 Å². The van der Waals surface area contributed by atoms with Crippen molar-refractivity contribution >= 4 is 0 Å². The van der Waals surface area contributed by atoms with Crippen molar-refractivity contribution in [1.29, 1.82) is 0 Å². The van der Waals surface area contributed by atoms with Crippen LogP contribution in [-0.2, 0) is 0 Å². The van der Waals surface area contributed by atoms with E-state index in [0.717, 1.165) is 24.2 Å². The zero-order valence-corrected chi connectivity index (χ0v) is 26.8. The van der Waals surface area contributed by atoms with Crippen molar-refractivity contribution in [3.05, 3.63) is 59.8 Å². The summed E-state index contributed by atoms with van der Waals surface area (Å²) >= 11 is 0. The molecule has 1 N–H and O–H groups in total. The normalized spacial score (nSPS) is 20.8. The minimum absolute atomic E-state index is 0.393. The molecule has 1 nitrogen and oxygen atoms in total. The van der Waals surface area contributed by atoms with Gasteiger partial charge in [0.1, 0.15) is 0 Å². The molecule has 2 rings (SSSR count). The highest BCUT2D eigenvalue weighted by molar-refractivity contribution is 5.29. The van der Waals surface area contributed by atoms with Gasteiger partial charge in [-0.25, -0.2) is 0 Å². The van der Waals surface area contributed by atoms with Gasteiger partial charge < -0.3 is 5.32 Å². The third-order valence-electron chi connectivity index (χ3n) is 9.76. The molecule has 222 valence electrons. The van der Waals surface area contributed by atoms with Crippen LogP contribution in [0.15, 0.2) is 59.8 Å². The van der Waals surface area contributed by atoms with Crippen LogP contribution in [0.25, 0.3) is 0 Å². The Balaban J connectivity index is 1.66. The average Bonchev–Trinajstić information content (AvgIpc) is 3.43. The summed E-state index contributed by atoms with van der Waals surface area (Å²) in [6, 6.07) is 1.09. The van der Waals surface area contributed by atoms with Crippen LogP contribution in [0.1, 0.15) is 150 Å². The zero-order valence-electron chi connectivity index (χ0n) is 26.8. The zero-order chi connectivity index (χ0) is 28.5. The molecule has 0 aromatic rings. The van der Waals surface area contributed by atoms with Crippen LogP contribution in [0.2, 0.25) is 0 Å². The van der Waals surface area contributed by atoms with Crippen LogP contribution in [0, 0.1) is 17.8 Å². The SMILES string of the molecule is C=CC(=CCCC(C)CCC(CCCC)CCCCCC1=C(C)C=CCC1C)CC(=C)C(C)NC1CCCC1. The molecule has 0 amide bonds. The van der Waals surface area contributed by atoms with Crippen molar-refractivity contribution < 1.29 is 0 Å². The lowest BCUT2D eigenvalue weighted by atomic mass is 9.84. The Labute approximate surface area is 244 Å². The molecule has 0 aromatic carbocycles. The number of rotatable bonds is 21. The fourth-order valence-electron chi connectivity index (χ4n) is 6.81. The van der Waals surface area contributed by atoms with Gasteiger partial charge in [-0.3, -0.25) is 0 Å². The lowest BCUT2D eigenvalue weighted by Gasteiger charge is -2.22. The molecule has 0 saturated heterocycles. The van der Waals surface area contributed by atoms with E-state index in [1.54, 1.807) is 5.57 Å². The van der Waals surface area contributed by atoms with Crippen molar-refractivity contribution in [2.75, 3.05) is 0 Å². The van der Waals surface area contributed by atoms with E-state index in [2.05, 4.69) is 77.4 Å². The molecule has 0 bridgehead atoms. The first kappa shape index (κ1) is 33.9. The lowest BCUT2D eigenvalue weighted by molar-refractivity contribution is 0.343. The molecule has 1 heteroatoms. The van der Waals surface area contributed by atoms with Crippen LogP contribution in [0.3, 0.4) is 0 Å². The number of hydrogen-bond acceptors (Lipinski definition) is 1. The Morgan fingerprint density at radius 1 is 1.03 bits per heavy atom. The highest BCUT2D eigenvalue weighted by Crippen LogP contribution is 2.30. The first-order valence-electron chi connectivity index (χ1n) is 16.9. The molecule has 0 heterocycles. The van der Waals surface area contributed by atoms with Crippen LogP contribution in [0.4, 0.5) is 0 Å². The van der Waals surface area contributed by atoms with E-state index in [0.29, 0.717) is 12.1 Å². The lowest BCUT2D eigenvalue weighted by Crippen LogP contribution is -2.35. The van der Waals surface area contributed by atoms with Crippen LogP contribution in [-0.4, -0.2) is 12.1 Å². The predicted octanol–water partition coefficient (Wildman–Crippen LogP) is 11.8.